The molecule has 1 aliphatic rings. The predicted octanol–water partition coefficient (Wildman–Crippen LogP) is 3.35. The lowest BCUT2D eigenvalue weighted by molar-refractivity contribution is 0.00111. The molecule has 2 rings (SSSR count). The molecular weight excluding hydrogens is 358 g/mol. The Morgan fingerprint density at radius 2 is 2.07 bits per heavy atom. The second-order valence-corrected chi connectivity index (χ2v) is 8.57. The molecular formula is C21H35N3O2S. The van der Waals surface area contributed by atoms with E-state index in [4.69, 9.17) is 4.74 Å². The van der Waals surface area contributed by atoms with E-state index in [1.807, 2.05) is 37.3 Å². The number of hydrogen-bond acceptors (Lipinski definition) is 4. The van der Waals surface area contributed by atoms with Gasteiger partial charge in [0, 0.05) is 17.8 Å². The van der Waals surface area contributed by atoms with Crippen LogP contribution in [0, 0.1) is 0 Å². The fourth-order valence-corrected chi connectivity index (χ4v) is 4.44. The summed E-state index contributed by atoms with van der Waals surface area (Å²) in [5, 5.41) is 17.8. The number of aliphatic hydroxyl groups excluding tert-OH is 1. The summed E-state index contributed by atoms with van der Waals surface area (Å²) < 4.78 is 5.79. The fraction of sp³-hybridized carbons (Fsp3) is 0.667. The number of aliphatic hydroxyl groups is 1. The largest absolute Gasteiger partial charge is 0.389 e. The zero-order valence-corrected chi connectivity index (χ0v) is 17.7. The molecule has 5 nitrogen and oxygen atoms in total. The maximum absolute atomic E-state index is 10.2. The number of aliphatic imine (C=N–C) groups is 1. The first-order valence-electron chi connectivity index (χ1n) is 10.1. The van der Waals surface area contributed by atoms with E-state index in [0.717, 1.165) is 23.3 Å². The Labute approximate surface area is 168 Å². The molecule has 0 aromatic heterocycles. The maximum Gasteiger partial charge on any atom is 0.191 e. The Kier molecular flexibility index (Phi) is 10.0. The first-order chi connectivity index (χ1) is 13.1. The first kappa shape index (κ1) is 22.1. The topological polar surface area (TPSA) is 65.9 Å². The highest BCUT2D eigenvalue weighted by molar-refractivity contribution is 7.99. The molecule has 4 unspecified atom stereocenters. The van der Waals surface area contributed by atoms with Crippen LogP contribution in [0.2, 0.25) is 0 Å². The maximum atomic E-state index is 10.2. The summed E-state index contributed by atoms with van der Waals surface area (Å²) in [6, 6.07) is 10.5. The van der Waals surface area contributed by atoms with Crippen LogP contribution in [0.5, 0.6) is 0 Å². The summed E-state index contributed by atoms with van der Waals surface area (Å²) >= 11 is 2.05. The van der Waals surface area contributed by atoms with E-state index in [0.29, 0.717) is 12.6 Å². The molecule has 1 fully saturated rings. The van der Waals surface area contributed by atoms with E-state index in [-0.39, 0.29) is 12.7 Å². The van der Waals surface area contributed by atoms with Crippen molar-refractivity contribution in [1.29, 1.82) is 0 Å². The molecule has 1 saturated carbocycles. The van der Waals surface area contributed by atoms with Crippen molar-refractivity contribution in [2.75, 3.05) is 25.4 Å². The Balaban J connectivity index is 1.76. The van der Waals surface area contributed by atoms with Crippen LogP contribution in [0.4, 0.5) is 0 Å². The van der Waals surface area contributed by atoms with E-state index >= 15 is 0 Å². The molecule has 3 N–H and O–H groups in total. The van der Waals surface area contributed by atoms with Crippen LogP contribution in [-0.2, 0) is 4.74 Å². The summed E-state index contributed by atoms with van der Waals surface area (Å²) in [6.45, 7) is 7.70. The van der Waals surface area contributed by atoms with Crippen LogP contribution in [0.1, 0.15) is 51.7 Å². The van der Waals surface area contributed by atoms with Crippen LogP contribution in [0.3, 0.4) is 0 Å². The lowest BCUT2D eigenvalue weighted by Crippen LogP contribution is -2.43. The van der Waals surface area contributed by atoms with Crippen LogP contribution < -0.4 is 10.6 Å². The summed E-state index contributed by atoms with van der Waals surface area (Å²) in [5.74, 6) is 1.97. The summed E-state index contributed by atoms with van der Waals surface area (Å²) in [7, 11) is 0. The molecule has 1 aromatic carbocycles. The third-order valence-electron chi connectivity index (χ3n) is 4.74. The quantitative estimate of drug-likeness (QED) is 0.420. The van der Waals surface area contributed by atoms with E-state index < -0.39 is 6.10 Å². The average molecular weight is 394 g/mol. The third-order valence-corrected chi connectivity index (χ3v) is 5.97. The highest BCUT2D eigenvalue weighted by Crippen LogP contribution is 2.29. The smallest absolute Gasteiger partial charge is 0.191 e. The zero-order chi connectivity index (χ0) is 19.5. The third kappa shape index (κ3) is 8.11. The van der Waals surface area contributed by atoms with Crippen molar-refractivity contribution in [1.82, 2.24) is 10.6 Å². The van der Waals surface area contributed by atoms with Crippen LogP contribution in [0.25, 0.3) is 0 Å². The number of nitrogens with one attached hydrogen (secondary N) is 2. The zero-order valence-electron chi connectivity index (χ0n) is 16.9. The minimum atomic E-state index is -0.612. The molecule has 0 amide bonds. The van der Waals surface area contributed by atoms with Gasteiger partial charge in [-0.25, -0.2) is 0 Å². The van der Waals surface area contributed by atoms with Crippen LogP contribution in [-0.4, -0.2) is 53.9 Å². The van der Waals surface area contributed by atoms with E-state index in [1.54, 1.807) is 0 Å². The fourth-order valence-electron chi connectivity index (χ4n) is 3.30. The Morgan fingerprint density at radius 3 is 2.78 bits per heavy atom. The van der Waals surface area contributed by atoms with Gasteiger partial charge in [0.1, 0.15) is 0 Å². The highest BCUT2D eigenvalue weighted by atomic mass is 32.2. The molecule has 1 aromatic rings. The summed E-state index contributed by atoms with van der Waals surface area (Å²) in [4.78, 5) is 4.56. The summed E-state index contributed by atoms with van der Waals surface area (Å²) in [5.41, 5.74) is 1.11. The molecule has 0 bridgehead atoms. The number of hydrogen-bond donors (Lipinski definition) is 3. The van der Waals surface area contributed by atoms with E-state index in [2.05, 4.69) is 41.2 Å². The van der Waals surface area contributed by atoms with Crippen molar-refractivity contribution in [3.05, 3.63) is 35.9 Å². The number of nitrogens with zero attached hydrogens (tertiary/aromatic N) is 1. The number of benzene rings is 1. The molecule has 0 saturated heterocycles. The van der Waals surface area contributed by atoms with Crippen molar-refractivity contribution >= 4 is 17.7 Å². The molecule has 1 aliphatic carbocycles. The van der Waals surface area contributed by atoms with Gasteiger partial charge in [-0.3, -0.25) is 4.99 Å². The first-order valence-corrected chi connectivity index (χ1v) is 11.2. The van der Waals surface area contributed by atoms with Crippen molar-refractivity contribution in [3.63, 3.8) is 0 Å². The Morgan fingerprint density at radius 1 is 1.30 bits per heavy atom. The molecule has 0 heterocycles. The van der Waals surface area contributed by atoms with Gasteiger partial charge in [-0.05, 0) is 44.4 Å². The Hall–Kier alpha value is -1.24. The predicted molar refractivity (Wildman–Crippen MR) is 115 cm³/mol. The highest BCUT2D eigenvalue weighted by Gasteiger charge is 2.25. The molecule has 6 heteroatoms. The lowest BCUT2D eigenvalue weighted by Gasteiger charge is -2.19. The van der Waals surface area contributed by atoms with Gasteiger partial charge in [0.05, 0.1) is 25.4 Å². The lowest BCUT2D eigenvalue weighted by atomic mass is 10.1. The van der Waals surface area contributed by atoms with Crippen LogP contribution in [0.15, 0.2) is 35.3 Å². The molecule has 0 radical (unpaired) electrons. The van der Waals surface area contributed by atoms with Crippen molar-refractivity contribution < 1.29 is 9.84 Å². The molecule has 152 valence electrons. The number of guanidine groups is 1. The van der Waals surface area contributed by atoms with Crippen LogP contribution >= 0.6 is 11.8 Å². The number of thioether (sulfide) groups is 1. The van der Waals surface area contributed by atoms with Crippen molar-refractivity contribution in [2.24, 2.45) is 4.99 Å². The van der Waals surface area contributed by atoms with E-state index in [1.165, 1.54) is 25.0 Å². The summed E-state index contributed by atoms with van der Waals surface area (Å²) in [6.07, 6.45) is 2.98. The molecule has 0 spiro atoms. The minimum absolute atomic E-state index is 0.0392. The second kappa shape index (κ2) is 12.3. The van der Waals surface area contributed by atoms with Gasteiger partial charge in [-0.2, -0.15) is 11.8 Å². The molecule has 0 aliphatic heterocycles. The average Bonchev–Trinajstić information content (AvgIpc) is 3.12. The van der Waals surface area contributed by atoms with Gasteiger partial charge in [0.15, 0.2) is 5.96 Å². The van der Waals surface area contributed by atoms with Gasteiger partial charge < -0.3 is 20.5 Å². The van der Waals surface area contributed by atoms with Gasteiger partial charge >= 0.3 is 0 Å². The normalized spacial score (nSPS) is 22.4. The molecule has 27 heavy (non-hydrogen) atoms. The Bertz CT molecular complexity index is 556. The molecule has 4 atom stereocenters. The number of ether oxygens (including phenoxy) is 1. The van der Waals surface area contributed by atoms with Gasteiger partial charge in [-0.1, -0.05) is 37.3 Å². The van der Waals surface area contributed by atoms with Crippen molar-refractivity contribution in [2.45, 2.75) is 63.5 Å². The monoisotopic (exact) mass is 393 g/mol. The number of rotatable bonds is 10. The SMILES string of the molecule is CCNC(=NCC(O)COC(C)c1ccccc1)NC1CCC(SCC)C1. The van der Waals surface area contributed by atoms with Crippen molar-refractivity contribution in [3.8, 4) is 0 Å². The second-order valence-electron chi connectivity index (χ2n) is 6.99. The van der Waals surface area contributed by atoms with Gasteiger partial charge in [-0.15, -0.1) is 0 Å². The minimum Gasteiger partial charge on any atom is -0.389 e. The van der Waals surface area contributed by atoms with E-state index in [9.17, 15) is 5.11 Å². The van der Waals surface area contributed by atoms with Gasteiger partial charge in [0.25, 0.3) is 0 Å². The van der Waals surface area contributed by atoms with Gasteiger partial charge in [0.2, 0.25) is 0 Å². The standard InChI is InChI=1S/C21H35N3O2S/c1-4-22-21(24-18-11-12-20(13-18)27-5-2)23-14-19(25)15-26-16(3)17-9-7-6-8-10-17/h6-10,16,18-20,25H,4-5,11-15H2,1-3H3,(H2,22,23,24).